The molecule has 0 N–H and O–H groups in total. The van der Waals surface area contributed by atoms with E-state index in [1.165, 1.54) is 57.2 Å². The van der Waals surface area contributed by atoms with Crippen molar-refractivity contribution in [2.75, 3.05) is 4.90 Å². The van der Waals surface area contributed by atoms with Crippen molar-refractivity contribution in [2.24, 2.45) is 0 Å². The molecule has 0 unspecified atom stereocenters. The topological polar surface area (TPSA) is 16.4 Å². The van der Waals surface area contributed by atoms with Gasteiger partial charge < -0.3 is 9.32 Å². The van der Waals surface area contributed by atoms with Gasteiger partial charge in [0.2, 0.25) is 0 Å². The number of hydrogen-bond donors (Lipinski definition) is 0. The Morgan fingerprint density at radius 2 is 1.04 bits per heavy atom. The van der Waals surface area contributed by atoms with Crippen LogP contribution in [-0.2, 0) is 0 Å². The maximum Gasteiger partial charge on any atom is 0.136 e. The normalized spacial score (nSPS) is 11.8. The molecule has 0 spiro atoms. The van der Waals surface area contributed by atoms with E-state index in [0.29, 0.717) is 0 Å². The van der Waals surface area contributed by atoms with Crippen molar-refractivity contribution in [3.63, 3.8) is 0 Å². The molecule has 0 radical (unpaired) electrons. The van der Waals surface area contributed by atoms with E-state index in [9.17, 15) is 0 Å². The second-order valence-electron chi connectivity index (χ2n) is 13.3. The van der Waals surface area contributed by atoms with Gasteiger partial charge in [-0.3, -0.25) is 0 Å². The number of fused-ring (bicyclic) bond motifs is 9. The lowest BCUT2D eigenvalue weighted by Gasteiger charge is -2.26. The Kier molecular flexibility index (Phi) is 6.63. The van der Waals surface area contributed by atoms with Crippen LogP contribution >= 0.6 is 22.7 Å². The largest absolute Gasteiger partial charge is 0.456 e. The van der Waals surface area contributed by atoms with Gasteiger partial charge in [0.15, 0.2) is 0 Å². The van der Waals surface area contributed by atoms with Crippen LogP contribution in [0.2, 0.25) is 0 Å². The monoisotopic (exact) mass is 699 g/mol. The maximum absolute atomic E-state index is 6.25. The van der Waals surface area contributed by atoms with E-state index in [1.54, 1.807) is 0 Å². The van der Waals surface area contributed by atoms with E-state index in [0.717, 1.165) is 44.4 Å². The van der Waals surface area contributed by atoms with E-state index in [-0.39, 0.29) is 0 Å². The fourth-order valence-corrected chi connectivity index (χ4v) is 10.2. The first-order chi connectivity index (χ1) is 25.8. The molecule has 0 bridgehead atoms. The highest BCUT2D eigenvalue weighted by Gasteiger charge is 2.20. The minimum Gasteiger partial charge on any atom is -0.456 e. The predicted octanol–water partition coefficient (Wildman–Crippen LogP) is 15.1. The van der Waals surface area contributed by atoms with Gasteiger partial charge in [-0.15, -0.1) is 22.7 Å². The lowest BCUT2D eigenvalue weighted by atomic mass is 10.0. The Morgan fingerprint density at radius 1 is 0.365 bits per heavy atom. The van der Waals surface area contributed by atoms with Gasteiger partial charge in [-0.05, 0) is 82.9 Å². The molecule has 0 amide bonds. The minimum absolute atomic E-state index is 0.909. The number of hydrogen-bond acceptors (Lipinski definition) is 4. The summed E-state index contributed by atoms with van der Waals surface area (Å²) in [7, 11) is 0. The van der Waals surface area contributed by atoms with Crippen molar-refractivity contribution in [3.8, 4) is 22.3 Å². The van der Waals surface area contributed by atoms with E-state index in [1.807, 2.05) is 34.8 Å². The average molecular weight is 700 g/mol. The van der Waals surface area contributed by atoms with Crippen molar-refractivity contribution in [1.29, 1.82) is 0 Å². The summed E-state index contributed by atoms with van der Waals surface area (Å²) in [6.07, 6.45) is 0. The fraction of sp³-hybridized carbons (Fsp3) is 0. The van der Waals surface area contributed by atoms with Gasteiger partial charge in [0, 0.05) is 57.8 Å². The molecular weight excluding hydrogens is 671 g/mol. The highest BCUT2D eigenvalue weighted by molar-refractivity contribution is 7.27. The first-order valence-corrected chi connectivity index (χ1v) is 19.1. The number of benzene rings is 8. The molecule has 4 heteroatoms. The molecule has 8 aromatic carbocycles. The standard InChI is InChI=1S/C48H29NOS2/c1-2-10-31(11-3-1)35-14-8-15-39-40-16-9-17-42(48(40)52-47(35)39)49(34-25-27-46-41(29-34)38-13-5-7-19-45(38)51-46)33-23-20-30(21-24-33)32-22-26-37-36-12-4-6-18-43(36)50-44(37)28-32/h1-29H. The van der Waals surface area contributed by atoms with Crippen LogP contribution in [-0.4, -0.2) is 0 Å². The van der Waals surface area contributed by atoms with Gasteiger partial charge in [-0.1, -0.05) is 115 Å². The first-order valence-electron chi connectivity index (χ1n) is 17.5. The summed E-state index contributed by atoms with van der Waals surface area (Å²) >= 11 is 3.74. The molecule has 0 aliphatic rings. The summed E-state index contributed by atoms with van der Waals surface area (Å²) in [6, 6.07) is 63.7. The van der Waals surface area contributed by atoms with Crippen LogP contribution in [0.3, 0.4) is 0 Å². The molecule has 2 nitrogen and oxygen atoms in total. The van der Waals surface area contributed by atoms with Crippen LogP contribution in [0.15, 0.2) is 180 Å². The van der Waals surface area contributed by atoms with Crippen molar-refractivity contribution in [1.82, 2.24) is 0 Å². The van der Waals surface area contributed by atoms with Gasteiger partial charge in [0.1, 0.15) is 11.2 Å². The highest BCUT2D eigenvalue weighted by Crippen LogP contribution is 2.48. The fourth-order valence-electron chi connectivity index (χ4n) is 7.82. The zero-order valence-corrected chi connectivity index (χ0v) is 29.5. The van der Waals surface area contributed by atoms with Crippen molar-refractivity contribution >= 4 is 102 Å². The van der Waals surface area contributed by atoms with Gasteiger partial charge in [-0.2, -0.15) is 0 Å². The Balaban J connectivity index is 1.10. The number of thiophene rings is 2. The molecule has 0 fully saturated rings. The van der Waals surface area contributed by atoms with Crippen LogP contribution in [0.5, 0.6) is 0 Å². The highest BCUT2D eigenvalue weighted by atomic mass is 32.1. The molecule has 52 heavy (non-hydrogen) atoms. The number of furan rings is 1. The van der Waals surface area contributed by atoms with E-state index in [4.69, 9.17) is 4.42 Å². The van der Waals surface area contributed by atoms with E-state index < -0.39 is 0 Å². The zero-order chi connectivity index (χ0) is 34.2. The van der Waals surface area contributed by atoms with Gasteiger partial charge >= 0.3 is 0 Å². The van der Waals surface area contributed by atoms with Crippen LogP contribution in [0, 0.1) is 0 Å². The van der Waals surface area contributed by atoms with Crippen molar-refractivity contribution < 1.29 is 4.42 Å². The van der Waals surface area contributed by atoms with Crippen molar-refractivity contribution in [3.05, 3.63) is 176 Å². The summed E-state index contributed by atoms with van der Waals surface area (Å²) < 4.78 is 11.4. The Labute approximate surface area is 308 Å². The summed E-state index contributed by atoms with van der Waals surface area (Å²) in [6.45, 7) is 0. The first kappa shape index (κ1) is 29.5. The summed E-state index contributed by atoms with van der Waals surface area (Å²) in [5, 5.41) is 7.45. The summed E-state index contributed by atoms with van der Waals surface area (Å²) in [5.74, 6) is 0. The lowest BCUT2D eigenvalue weighted by molar-refractivity contribution is 0.669. The smallest absolute Gasteiger partial charge is 0.136 e. The molecule has 11 rings (SSSR count). The lowest BCUT2D eigenvalue weighted by Crippen LogP contribution is -2.10. The molecule has 0 atom stereocenters. The third kappa shape index (κ3) is 4.62. The zero-order valence-electron chi connectivity index (χ0n) is 27.9. The molecular formula is C48H29NOS2. The minimum atomic E-state index is 0.909. The molecule has 0 saturated carbocycles. The SMILES string of the molecule is c1ccc(-c2cccc3c2sc2c(N(c4ccc(-c5ccc6c(c5)oc5ccccc56)cc4)c4ccc5sc6ccccc6c5c4)cccc23)cc1. The Bertz CT molecular complexity index is 3130. The van der Waals surface area contributed by atoms with Gasteiger partial charge in [0.25, 0.3) is 0 Å². The molecule has 3 heterocycles. The maximum atomic E-state index is 6.25. The average Bonchev–Trinajstić information content (AvgIpc) is 3.90. The van der Waals surface area contributed by atoms with E-state index >= 15 is 0 Å². The van der Waals surface area contributed by atoms with Crippen LogP contribution in [0.25, 0.3) is 84.5 Å². The Hall–Kier alpha value is -6.20. The van der Waals surface area contributed by atoms with Crippen LogP contribution < -0.4 is 4.90 Å². The van der Waals surface area contributed by atoms with Gasteiger partial charge in [0.05, 0.1) is 10.4 Å². The summed E-state index contributed by atoms with van der Waals surface area (Å²) in [5.41, 5.74) is 10.1. The molecule has 3 aromatic heterocycles. The molecule has 0 aliphatic carbocycles. The number of para-hydroxylation sites is 1. The van der Waals surface area contributed by atoms with Gasteiger partial charge in [-0.25, -0.2) is 0 Å². The van der Waals surface area contributed by atoms with Crippen molar-refractivity contribution in [2.45, 2.75) is 0 Å². The van der Waals surface area contributed by atoms with E-state index in [2.05, 4.69) is 169 Å². The number of rotatable bonds is 5. The second kappa shape index (κ2) is 11.7. The molecule has 0 saturated heterocycles. The third-order valence-corrected chi connectivity index (χ3v) is 12.7. The second-order valence-corrected chi connectivity index (χ2v) is 15.4. The summed E-state index contributed by atoms with van der Waals surface area (Å²) in [4.78, 5) is 2.44. The van der Waals surface area contributed by atoms with Crippen LogP contribution in [0.1, 0.15) is 0 Å². The quantitative estimate of drug-likeness (QED) is 0.178. The molecule has 0 aliphatic heterocycles. The van der Waals surface area contributed by atoms with Crippen LogP contribution in [0.4, 0.5) is 17.1 Å². The molecule has 11 aromatic rings. The predicted molar refractivity (Wildman–Crippen MR) is 225 cm³/mol. The Morgan fingerprint density at radius 3 is 1.92 bits per heavy atom. The third-order valence-electron chi connectivity index (χ3n) is 10.3. The number of nitrogens with zero attached hydrogens (tertiary/aromatic N) is 1. The number of anilines is 3. The molecule has 244 valence electrons.